The first-order valence-electron chi connectivity index (χ1n) is 9.80. The Labute approximate surface area is 156 Å². The molecule has 0 bridgehead atoms. The average Bonchev–Trinajstić information content (AvgIpc) is 2.54. The van der Waals surface area contributed by atoms with Gasteiger partial charge in [0.1, 0.15) is 5.60 Å². The van der Waals surface area contributed by atoms with E-state index in [4.69, 9.17) is 24.1 Å². The van der Waals surface area contributed by atoms with Gasteiger partial charge in [-0.3, -0.25) is 0 Å². The maximum absolute atomic E-state index is 12.0. The summed E-state index contributed by atoms with van der Waals surface area (Å²) in [5.41, 5.74) is -0.452. The third-order valence-corrected chi connectivity index (χ3v) is 4.53. The summed E-state index contributed by atoms with van der Waals surface area (Å²) in [5, 5.41) is 9.17. The maximum Gasteiger partial charge on any atom is 0.410 e. The summed E-state index contributed by atoms with van der Waals surface area (Å²) >= 11 is 0. The number of ether oxygens (including phenoxy) is 4. The van der Waals surface area contributed by atoms with Gasteiger partial charge in [0.25, 0.3) is 0 Å². The Morgan fingerprint density at radius 1 is 1.00 bits per heavy atom. The van der Waals surface area contributed by atoms with Gasteiger partial charge in [-0.25, -0.2) is 4.79 Å². The lowest BCUT2D eigenvalue weighted by Gasteiger charge is -2.33. The molecule has 0 unspecified atom stereocenters. The van der Waals surface area contributed by atoms with E-state index in [9.17, 15) is 4.79 Å². The number of aliphatic hydroxyl groups is 1. The highest BCUT2D eigenvalue weighted by atomic mass is 16.6. The van der Waals surface area contributed by atoms with Gasteiger partial charge in [-0.15, -0.1) is 0 Å². The summed E-state index contributed by atoms with van der Waals surface area (Å²) in [6, 6.07) is 0. The summed E-state index contributed by atoms with van der Waals surface area (Å²) in [4.78, 5) is 13.8. The van der Waals surface area contributed by atoms with Crippen LogP contribution in [0.4, 0.5) is 4.79 Å². The predicted octanol–water partition coefficient (Wildman–Crippen LogP) is 2.35. The number of hydrogen-bond acceptors (Lipinski definition) is 6. The van der Waals surface area contributed by atoms with E-state index in [0.29, 0.717) is 39.5 Å². The molecular weight excluding hydrogens is 338 g/mol. The first kappa shape index (κ1) is 21.4. The zero-order chi connectivity index (χ0) is 19.0. The Morgan fingerprint density at radius 2 is 1.65 bits per heavy atom. The first-order chi connectivity index (χ1) is 12.3. The van der Waals surface area contributed by atoms with Crippen LogP contribution in [0.15, 0.2) is 0 Å². The zero-order valence-electron chi connectivity index (χ0n) is 16.4. The smallest absolute Gasteiger partial charge is 0.410 e. The third-order valence-electron chi connectivity index (χ3n) is 4.53. The zero-order valence-corrected chi connectivity index (χ0v) is 16.4. The molecule has 2 rings (SSSR count). The quantitative estimate of drug-likeness (QED) is 0.625. The molecule has 1 aliphatic heterocycles. The van der Waals surface area contributed by atoms with Crippen LogP contribution in [0.2, 0.25) is 0 Å². The fourth-order valence-electron chi connectivity index (χ4n) is 2.99. The lowest BCUT2D eigenvalue weighted by molar-refractivity contribution is -0.0761. The van der Waals surface area contributed by atoms with Gasteiger partial charge in [-0.1, -0.05) is 0 Å². The molecule has 0 atom stereocenters. The maximum atomic E-state index is 12.0. The van der Waals surface area contributed by atoms with Crippen LogP contribution in [0.1, 0.15) is 52.9 Å². The Balaban J connectivity index is 1.41. The number of carbonyl (C=O) groups is 1. The summed E-state index contributed by atoms with van der Waals surface area (Å²) in [6.07, 6.45) is 4.08. The molecule has 2 fully saturated rings. The molecule has 26 heavy (non-hydrogen) atoms. The van der Waals surface area contributed by atoms with E-state index < -0.39 is 5.60 Å². The first-order valence-corrected chi connectivity index (χ1v) is 9.80. The Bertz CT molecular complexity index is 411. The van der Waals surface area contributed by atoms with Crippen molar-refractivity contribution in [3.63, 3.8) is 0 Å². The fraction of sp³-hybridized carbons (Fsp3) is 0.947. The number of piperidine rings is 1. The second-order valence-corrected chi connectivity index (χ2v) is 8.12. The molecule has 0 aromatic rings. The van der Waals surface area contributed by atoms with Crippen molar-refractivity contribution in [2.24, 2.45) is 0 Å². The molecule has 7 nitrogen and oxygen atoms in total. The van der Waals surface area contributed by atoms with Crippen LogP contribution in [0.3, 0.4) is 0 Å². The Morgan fingerprint density at radius 3 is 2.27 bits per heavy atom. The molecular formula is C19H35NO6. The highest BCUT2D eigenvalue weighted by Crippen LogP contribution is 2.22. The van der Waals surface area contributed by atoms with E-state index in [1.54, 1.807) is 4.90 Å². The van der Waals surface area contributed by atoms with Crippen molar-refractivity contribution in [2.45, 2.75) is 76.8 Å². The number of rotatable bonds is 9. The second kappa shape index (κ2) is 10.4. The van der Waals surface area contributed by atoms with E-state index in [1.807, 2.05) is 20.8 Å². The number of aliphatic hydroxyl groups excluding tert-OH is 1. The van der Waals surface area contributed by atoms with E-state index >= 15 is 0 Å². The van der Waals surface area contributed by atoms with E-state index in [0.717, 1.165) is 32.1 Å². The summed E-state index contributed by atoms with van der Waals surface area (Å²) in [5.74, 6) is 0. The monoisotopic (exact) mass is 373 g/mol. The number of amides is 1. The van der Waals surface area contributed by atoms with Gasteiger partial charge in [-0.05, 0) is 52.9 Å². The Hall–Kier alpha value is -0.890. The minimum atomic E-state index is -0.452. The average molecular weight is 373 g/mol. The van der Waals surface area contributed by atoms with E-state index in [-0.39, 0.29) is 24.4 Å². The van der Waals surface area contributed by atoms with Crippen LogP contribution in [0.5, 0.6) is 0 Å². The molecule has 7 heteroatoms. The molecule has 1 saturated heterocycles. The normalized spacial score (nSPS) is 24.4. The van der Waals surface area contributed by atoms with Crippen molar-refractivity contribution < 1.29 is 28.8 Å². The molecule has 1 heterocycles. The van der Waals surface area contributed by atoms with Crippen LogP contribution < -0.4 is 0 Å². The predicted molar refractivity (Wildman–Crippen MR) is 97.2 cm³/mol. The number of nitrogens with zero attached hydrogens (tertiary/aromatic N) is 1. The topological polar surface area (TPSA) is 77.5 Å². The van der Waals surface area contributed by atoms with Crippen molar-refractivity contribution in [1.82, 2.24) is 4.90 Å². The largest absolute Gasteiger partial charge is 0.444 e. The van der Waals surface area contributed by atoms with Crippen molar-refractivity contribution in [3.05, 3.63) is 0 Å². The molecule has 0 aromatic carbocycles. The molecule has 0 spiro atoms. The third kappa shape index (κ3) is 8.20. The lowest BCUT2D eigenvalue weighted by atomic mass is 9.92. The summed E-state index contributed by atoms with van der Waals surface area (Å²) < 4.78 is 22.4. The molecule has 0 radical (unpaired) electrons. The summed E-state index contributed by atoms with van der Waals surface area (Å²) in [6.45, 7) is 9.49. The Kier molecular flexibility index (Phi) is 8.60. The lowest BCUT2D eigenvalue weighted by Crippen LogP contribution is -2.43. The molecule has 1 saturated carbocycles. The molecule has 1 amide bonds. The van der Waals surface area contributed by atoms with Crippen LogP contribution in [0, 0.1) is 0 Å². The van der Waals surface area contributed by atoms with Crippen molar-refractivity contribution in [2.75, 3.05) is 39.5 Å². The van der Waals surface area contributed by atoms with Gasteiger partial charge in [0.05, 0.1) is 31.5 Å². The minimum Gasteiger partial charge on any atom is -0.444 e. The van der Waals surface area contributed by atoms with Gasteiger partial charge in [0.15, 0.2) is 0 Å². The summed E-state index contributed by atoms with van der Waals surface area (Å²) in [7, 11) is 0. The standard InChI is InChI=1S/C19H35NO6/c1-19(2,3)26-18(22)20-7-5-16(6-8-20)25-12-11-23-9-4-10-24-17-13-15(21)14-17/h15-17,21H,4-14H2,1-3H3/t15-,17-. The van der Waals surface area contributed by atoms with Crippen LogP contribution >= 0.6 is 0 Å². The highest BCUT2D eigenvalue weighted by molar-refractivity contribution is 5.68. The van der Waals surface area contributed by atoms with Crippen LogP contribution in [-0.4, -0.2) is 79.5 Å². The number of likely N-dealkylation sites (tertiary alicyclic amines) is 1. The molecule has 2 aliphatic rings. The molecule has 1 aliphatic carbocycles. The van der Waals surface area contributed by atoms with E-state index in [2.05, 4.69) is 0 Å². The van der Waals surface area contributed by atoms with Gasteiger partial charge < -0.3 is 29.0 Å². The van der Waals surface area contributed by atoms with Crippen LogP contribution in [0.25, 0.3) is 0 Å². The van der Waals surface area contributed by atoms with Gasteiger partial charge >= 0.3 is 6.09 Å². The van der Waals surface area contributed by atoms with Crippen LogP contribution in [-0.2, 0) is 18.9 Å². The molecule has 0 aromatic heterocycles. The van der Waals surface area contributed by atoms with Gasteiger partial charge in [0, 0.05) is 26.3 Å². The van der Waals surface area contributed by atoms with Crippen molar-refractivity contribution in [1.29, 1.82) is 0 Å². The highest BCUT2D eigenvalue weighted by Gasteiger charge is 2.28. The SMILES string of the molecule is CC(C)(C)OC(=O)N1CCC(OCCOCCCO[C@H]2C[C@H](O)C2)CC1. The van der Waals surface area contributed by atoms with E-state index in [1.165, 1.54) is 0 Å². The minimum absolute atomic E-state index is 0.163. The van der Waals surface area contributed by atoms with Gasteiger partial charge in [0.2, 0.25) is 0 Å². The van der Waals surface area contributed by atoms with Gasteiger partial charge in [-0.2, -0.15) is 0 Å². The number of hydrogen-bond donors (Lipinski definition) is 1. The molecule has 1 N–H and O–H groups in total. The fourth-order valence-corrected chi connectivity index (χ4v) is 2.99. The second-order valence-electron chi connectivity index (χ2n) is 8.12. The molecule has 152 valence electrons. The van der Waals surface area contributed by atoms with Crippen molar-refractivity contribution in [3.8, 4) is 0 Å². The number of carbonyl (C=O) groups excluding carboxylic acids is 1. The van der Waals surface area contributed by atoms with Crippen molar-refractivity contribution >= 4 is 6.09 Å².